The lowest BCUT2D eigenvalue weighted by atomic mass is 9.95. The van der Waals surface area contributed by atoms with Gasteiger partial charge in [-0.25, -0.2) is 0 Å². The van der Waals surface area contributed by atoms with E-state index in [1.54, 1.807) is 0 Å². The summed E-state index contributed by atoms with van der Waals surface area (Å²) >= 11 is 1.50. The molecule has 0 radical (unpaired) electrons. The maximum atomic E-state index is 11.0. The number of rotatable bonds is 8. The van der Waals surface area contributed by atoms with E-state index in [-0.39, 0.29) is 24.4 Å². The minimum atomic E-state index is -0.804. The highest BCUT2D eigenvalue weighted by atomic mass is 32.1. The standard InChI is InChI=1S/C25H26N4O2S/c1-16(19-10-20(32-15-19)11-23(30)31)13-28-24(17-6-3-2-4-7-17)22-14-27-21-9-5-8-18(12-26)25(21)29-22/h2-10,15-16,22,24,27-29H,11,13-14H2,1H3,(H,30,31)/t16-,22+,24+/m0/s1. The van der Waals surface area contributed by atoms with Gasteiger partial charge >= 0.3 is 5.97 Å². The number of hydrogen-bond donors (Lipinski definition) is 4. The maximum absolute atomic E-state index is 11.0. The molecule has 164 valence electrons. The van der Waals surface area contributed by atoms with Gasteiger partial charge in [-0.1, -0.05) is 43.3 Å². The number of hydrogen-bond acceptors (Lipinski definition) is 6. The molecule has 0 saturated heterocycles. The molecule has 0 aliphatic carbocycles. The molecular formula is C25H26N4O2S. The van der Waals surface area contributed by atoms with Crippen molar-refractivity contribution in [3.05, 3.63) is 81.5 Å². The number of nitrogens with zero attached hydrogens (tertiary/aromatic N) is 1. The number of fused-ring (bicyclic) bond motifs is 1. The molecule has 6 nitrogen and oxygen atoms in total. The number of aliphatic carboxylic acids is 1. The van der Waals surface area contributed by atoms with Crippen molar-refractivity contribution in [3.8, 4) is 6.07 Å². The lowest BCUT2D eigenvalue weighted by Crippen LogP contribution is -2.45. The summed E-state index contributed by atoms with van der Waals surface area (Å²) in [5, 5.41) is 31.4. The number of para-hydroxylation sites is 1. The Hall–Kier alpha value is -3.34. The van der Waals surface area contributed by atoms with Crippen LogP contribution in [0.3, 0.4) is 0 Å². The van der Waals surface area contributed by atoms with Crippen molar-refractivity contribution in [1.29, 1.82) is 5.26 Å². The van der Waals surface area contributed by atoms with E-state index in [1.165, 1.54) is 16.9 Å². The minimum absolute atomic E-state index is 0.0307. The van der Waals surface area contributed by atoms with Crippen LogP contribution in [0.5, 0.6) is 0 Å². The Balaban J connectivity index is 1.51. The molecule has 0 bridgehead atoms. The van der Waals surface area contributed by atoms with Gasteiger partial charge in [0.1, 0.15) is 6.07 Å². The Morgan fingerprint density at radius 3 is 2.81 bits per heavy atom. The average Bonchev–Trinajstić information content (AvgIpc) is 3.27. The molecule has 0 amide bonds. The minimum Gasteiger partial charge on any atom is -0.481 e. The van der Waals surface area contributed by atoms with Crippen molar-refractivity contribution in [2.24, 2.45) is 0 Å². The molecule has 1 aliphatic heterocycles. The highest BCUT2D eigenvalue weighted by Gasteiger charge is 2.28. The van der Waals surface area contributed by atoms with Crippen LogP contribution in [0.25, 0.3) is 0 Å². The first-order chi connectivity index (χ1) is 15.5. The Morgan fingerprint density at radius 2 is 2.06 bits per heavy atom. The molecule has 3 aromatic rings. The van der Waals surface area contributed by atoms with Crippen LogP contribution in [0, 0.1) is 11.3 Å². The van der Waals surface area contributed by atoms with Gasteiger partial charge in [0.25, 0.3) is 0 Å². The first-order valence-corrected chi connectivity index (χ1v) is 11.5. The van der Waals surface area contributed by atoms with Gasteiger partial charge in [-0.15, -0.1) is 11.3 Å². The van der Waals surface area contributed by atoms with E-state index >= 15 is 0 Å². The SMILES string of the molecule is C[C@@H](CN[C@H](c1ccccc1)[C@H]1CNc2cccc(C#N)c2N1)c1csc(CC(=O)O)c1. The van der Waals surface area contributed by atoms with E-state index in [2.05, 4.69) is 46.5 Å². The number of carboxylic acids is 1. The van der Waals surface area contributed by atoms with Gasteiger partial charge in [-0.05, 0) is 40.6 Å². The van der Waals surface area contributed by atoms with E-state index in [9.17, 15) is 10.1 Å². The van der Waals surface area contributed by atoms with Crippen LogP contribution in [0.15, 0.2) is 60.0 Å². The molecule has 4 rings (SSSR count). The predicted octanol–water partition coefficient (Wildman–Crippen LogP) is 4.59. The van der Waals surface area contributed by atoms with Crippen molar-refractivity contribution >= 4 is 28.7 Å². The third kappa shape index (κ3) is 4.93. The fourth-order valence-electron chi connectivity index (χ4n) is 4.08. The van der Waals surface area contributed by atoms with E-state index in [4.69, 9.17) is 5.11 Å². The Morgan fingerprint density at radius 1 is 1.25 bits per heavy atom. The first-order valence-electron chi connectivity index (χ1n) is 10.7. The monoisotopic (exact) mass is 446 g/mol. The number of anilines is 2. The van der Waals surface area contributed by atoms with Crippen molar-refractivity contribution in [1.82, 2.24) is 5.32 Å². The first kappa shape index (κ1) is 21.9. The number of benzene rings is 2. The van der Waals surface area contributed by atoms with Gasteiger partial charge in [-0.2, -0.15) is 5.26 Å². The van der Waals surface area contributed by atoms with Crippen LogP contribution < -0.4 is 16.0 Å². The molecule has 7 heteroatoms. The van der Waals surface area contributed by atoms with E-state index in [0.717, 1.165) is 34.9 Å². The highest BCUT2D eigenvalue weighted by molar-refractivity contribution is 7.10. The summed E-state index contributed by atoms with van der Waals surface area (Å²) in [7, 11) is 0. The van der Waals surface area contributed by atoms with Gasteiger partial charge in [0.05, 0.1) is 35.4 Å². The molecule has 0 fully saturated rings. The summed E-state index contributed by atoms with van der Waals surface area (Å²) in [5.74, 6) is -0.570. The molecular weight excluding hydrogens is 420 g/mol. The summed E-state index contributed by atoms with van der Waals surface area (Å²) in [6, 6.07) is 20.4. The number of thiophene rings is 1. The zero-order valence-electron chi connectivity index (χ0n) is 17.8. The number of carbonyl (C=O) groups is 1. The second-order valence-corrected chi connectivity index (χ2v) is 9.08. The van der Waals surface area contributed by atoms with E-state index < -0.39 is 5.97 Å². The van der Waals surface area contributed by atoms with Crippen LogP contribution >= 0.6 is 11.3 Å². The highest BCUT2D eigenvalue weighted by Crippen LogP contribution is 2.33. The van der Waals surface area contributed by atoms with Crippen molar-refractivity contribution in [2.45, 2.75) is 31.3 Å². The summed E-state index contributed by atoms with van der Waals surface area (Å²) in [4.78, 5) is 11.9. The number of carboxylic acid groups (broad SMARTS) is 1. The van der Waals surface area contributed by atoms with Gasteiger partial charge in [0, 0.05) is 18.0 Å². The lowest BCUT2D eigenvalue weighted by Gasteiger charge is -2.36. The summed E-state index contributed by atoms with van der Waals surface area (Å²) in [6.45, 7) is 3.62. The van der Waals surface area contributed by atoms with Crippen molar-refractivity contribution < 1.29 is 9.90 Å². The van der Waals surface area contributed by atoms with Crippen molar-refractivity contribution in [3.63, 3.8) is 0 Å². The van der Waals surface area contributed by atoms with Crippen LogP contribution in [-0.4, -0.2) is 30.2 Å². The predicted molar refractivity (Wildman–Crippen MR) is 128 cm³/mol. The van der Waals surface area contributed by atoms with Gasteiger partial charge < -0.3 is 21.1 Å². The van der Waals surface area contributed by atoms with Gasteiger partial charge in [0.2, 0.25) is 0 Å². The normalized spacial score (nSPS) is 16.7. The smallest absolute Gasteiger partial charge is 0.308 e. The van der Waals surface area contributed by atoms with Gasteiger partial charge in [0.15, 0.2) is 0 Å². The second kappa shape index (κ2) is 9.86. The lowest BCUT2D eigenvalue weighted by molar-refractivity contribution is -0.136. The molecule has 2 aromatic carbocycles. The third-order valence-electron chi connectivity index (χ3n) is 5.80. The van der Waals surface area contributed by atoms with Crippen LogP contribution in [0.2, 0.25) is 0 Å². The van der Waals surface area contributed by atoms with Crippen LogP contribution in [0.4, 0.5) is 11.4 Å². The summed E-state index contributed by atoms with van der Waals surface area (Å²) < 4.78 is 0. The average molecular weight is 447 g/mol. The molecule has 2 heterocycles. The molecule has 4 N–H and O–H groups in total. The number of nitrogens with one attached hydrogen (secondary N) is 3. The molecule has 1 aliphatic rings. The molecule has 0 unspecified atom stereocenters. The molecule has 1 aromatic heterocycles. The van der Waals surface area contributed by atoms with Crippen molar-refractivity contribution in [2.75, 3.05) is 23.7 Å². The maximum Gasteiger partial charge on any atom is 0.308 e. The largest absolute Gasteiger partial charge is 0.481 e. The van der Waals surface area contributed by atoms with Gasteiger partial charge in [-0.3, -0.25) is 4.79 Å². The third-order valence-corrected chi connectivity index (χ3v) is 6.76. The molecule has 3 atom stereocenters. The number of nitriles is 1. The quantitative estimate of drug-likeness (QED) is 0.404. The van der Waals surface area contributed by atoms with Crippen LogP contribution in [0.1, 0.15) is 40.5 Å². The Bertz CT molecular complexity index is 1120. The topological polar surface area (TPSA) is 97.2 Å². The van der Waals surface area contributed by atoms with E-state index in [1.807, 2.05) is 42.5 Å². The fourth-order valence-corrected chi connectivity index (χ4v) is 5.08. The Labute approximate surface area is 191 Å². The molecule has 32 heavy (non-hydrogen) atoms. The summed E-state index contributed by atoms with van der Waals surface area (Å²) in [6.07, 6.45) is 0.0652. The molecule has 0 saturated carbocycles. The second-order valence-electron chi connectivity index (χ2n) is 8.09. The van der Waals surface area contributed by atoms with E-state index in [0.29, 0.717) is 5.56 Å². The fraction of sp³-hybridized carbons (Fsp3) is 0.280. The summed E-state index contributed by atoms with van der Waals surface area (Å²) in [5.41, 5.74) is 4.75. The zero-order valence-corrected chi connectivity index (χ0v) is 18.7. The zero-order chi connectivity index (χ0) is 22.5. The van der Waals surface area contributed by atoms with Crippen LogP contribution in [-0.2, 0) is 11.2 Å². The Kier molecular flexibility index (Phi) is 6.74. The molecule has 0 spiro atoms.